The van der Waals surface area contributed by atoms with Crippen molar-refractivity contribution in [2.45, 2.75) is 37.1 Å². The van der Waals surface area contributed by atoms with E-state index in [4.69, 9.17) is 25.1 Å². The lowest BCUT2D eigenvalue weighted by molar-refractivity contribution is -0.130. The van der Waals surface area contributed by atoms with Crippen molar-refractivity contribution in [1.82, 2.24) is 5.32 Å². The molecule has 220 valence electrons. The van der Waals surface area contributed by atoms with E-state index in [1.54, 1.807) is 24.3 Å². The smallest absolute Gasteiger partial charge is 0.253 e. The van der Waals surface area contributed by atoms with E-state index in [-0.39, 0.29) is 25.5 Å². The van der Waals surface area contributed by atoms with Gasteiger partial charge in [-0.1, -0.05) is 63.5 Å². The molecule has 11 nitrogen and oxygen atoms in total. The summed E-state index contributed by atoms with van der Waals surface area (Å²) in [7, 11) is 0. The Labute approximate surface area is 251 Å². The Morgan fingerprint density at radius 2 is 1.76 bits per heavy atom. The van der Waals surface area contributed by atoms with Gasteiger partial charge in [0.05, 0.1) is 32.4 Å². The number of aliphatic imine (C=N–C) groups is 1. The number of carbonyl (C=O) groups is 1. The number of hydrogen-bond acceptors (Lipinski definition) is 8. The Bertz CT molecular complexity index is 1440. The molecule has 0 radical (unpaired) electrons. The fourth-order valence-electron chi connectivity index (χ4n) is 4.69. The van der Waals surface area contributed by atoms with E-state index in [2.05, 4.69) is 31.3 Å². The first-order chi connectivity index (χ1) is 20.4. The maximum Gasteiger partial charge on any atom is 0.253 e. The zero-order valence-electron chi connectivity index (χ0n) is 22.8. The fraction of sp³-hybridized carbons (Fsp3) is 0.333. The molecule has 2 atom stereocenters. The summed E-state index contributed by atoms with van der Waals surface area (Å²) in [5.74, 6) is 0.289. The number of hydrogen-bond donors (Lipinski definition) is 4. The van der Waals surface area contributed by atoms with Gasteiger partial charge in [0.25, 0.3) is 5.91 Å². The molecular formula is C30H32BrN5O6. The van der Waals surface area contributed by atoms with Gasteiger partial charge >= 0.3 is 0 Å². The van der Waals surface area contributed by atoms with Crippen LogP contribution in [-0.2, 0) is 22.5 Å². The number of halogens is 1. The molecule has 4 N–H and O–H groups in total. The summed E-state index contributed by atoms with van der Waals surface area (Å²) in [5.41, 5.74) is 10.1. The van der Waals surface area contributed by atoms with Gasteiger partial charge in [-0.05, 0) is 47.0 Å². The van der Waals surface area contributed by atoms with Crippen molar-refractivity contribution in [2.75, 3.05) is 26.4 Å². The summed E-state index contributed by atoms with van der Waals surface area (Å²) in [6.07, 6.45) is -0.335. The molecule has 0 fully saturated rings. The lowest BCUT2D eigenvalue weighted by Gasteiger charge is -2.33. The van der Waals surface area contributed by atoms with Gasteiger partial charge in [-0.3, -0.25) is 4.79 Å². The first-order valence-corrected chi connectivity index (χ1v) is 14.2. The van der Waals surface area contributed by atoms with E-state index in [0.717, 1.165) is 11.1 Å². The molecule has 3 aromatic rings. The van der Waals surface area contributed by atoms with Crippen molar-refractivity contribution >= 4 is 27.7 Å². The van der Waals surface area contributed by atoms with Crippen molar-refractivity contribution in [3.8, 4) is 5.75 Å². The highest BCUT2D eigenvalue weighted by Crippen LogP contribution is 2.45. The Morgan fingerprint density at radius 3 is 2.43 bits per heavy atom. The zero-order valence-corrected chi connectivity index (χ0v) is 24.4. The number of nitrogens with one attached hydrogen (secondary N) is 1. The van der Waals surface area contributed by atoms with Crippen molar-refractivity contribution in [3.05, 3.63) is 110 Å². The second kappa shape index (κ2) is 14.8. The third-order valence-corrected chi connectivity index (χ3v) is 7.60. The monoisotopic (exact) mass is 637 g/mol. The minimum Gasteiger partial charge on any atom is -0.494 e. The average Bonchev–Trinajstić information content (AvgIpc) is 3.40. The minimum absolute atomic E-state index is 0.0305. The summed E-state index contributed by atoms with van der Waals surface area (Å²) in [6.45, 7) is -0.466. The Balaban J connectivity index is 1.85. The predicted octanol–water partition coefficient (Wildman–Crippen LogP) is 3.99. The van der Waals surface area contributed by atoms with Crippen LogP contribution in [0.25, 0.3) is 10.4 Å². The molecule has 0 saturated carbocycles. The van der Waals surface area contributed by atoms with E-state index in [0.29, 0.717) is 34.4 Å². The lowest BCUT2D eigenvalue weighted by atomic mass is 9.80. The Morgan fingerprint density at radius 1 is 1.07 bits per heavy atom. The second-order valence-electron chi connectivity index (χ2n) is 9.68. The number of aliphatic hydroxyl groups excluding tert-OH is 3. The van der Waals surface area contributed by atoms with Crippen LogP contribution in [0.5, 0.6) is 5.75 Å². The van der Waals surface area contributed by atoms with Crippen molar-refractivity contribution in [3.63, 3.8) is 0 Å². The number of rotatable bonds is 14. The Hall–Kier alpha value is -3.93. The van der Waals surface area contributed by atoms with Crippen LogP contribution in [0, 0.1) is 0 Å². The van der Waals surface area contributed by atoms with Crippen LogP contribution >= 0.6 is 15.9 Å². The molecule has 0 aliphatic carbocycles. The number of nitrogens with zero attached hydrogens (tertiary/aromatic N) is 4. The van der Waals surface area contributed by atoms with E-state index in [1.165, 1.54) is 0 Å². The van der Waals surface area contributed by atoms with Gasteiger partial charge in [-0.25, -0.2) is 4.99 Å². The normalized spacial score (nSPS) is 17.7. The van der Waals surface area contributed by atoms with Gasteiger partial charge in [0.15, 0.2) is 11.6 Å². The molecule has 42 heavy (non-hydrogen) atoms. The van der Waals surface area contributed by atoms with E-state index in [9.17, 15) is 15.0 Å². The fourth-order valence-corrected chi connectivity index (χ4v) is 5.18. The van der Waals surface area contributed by atoms with Crippen LogP contribution in [0.3, 0.4) is 0 Å². The molecule has 1 aliphatic rings. The zero-order chi connectivity index (χ0) is 30.0. The lowest BCUT2D eigenvalue weighted by Crippen LogP contribution is -2.54. The molecule has 0 aromatic heterocycles. The molecule has 4 rings (SSSR count). The van der Waals surface area contributed by atoms with Crippen molar-refractivity contribution in [1.29, 1.82) is 0 Å². The summed E-state index contributed by atoms with van der Waals surface area (Å²) >= 11 is 3.60. The average molecular weight is 639 g/mol. The first kappa shape index (κ1) is 31.0. The SMILES string of the molecule is [N-]=[N+]=NCc1ccccc1C[C@@]1(C(=O)NC(CO)CO)N=C(c2ccc(OCCCO)cc2)O[C@@H]1c1ccccc1Br. The van der Waals surface area contributed by atoms with Gasteiger partial charge in [0.1, 0.15) is 5.75 Å². The largest absolute Gasteiger partial charge is 0.494 e. The van der Waals surface area contributed by atoms with Crippen LogP contribution < -0.4 is 10.1 Å². The van der Waals surface area contributed by atoms with Crippen LogP contribution in [0.15, 0.2) is 87.4 Å². The summed E-state index contributed by atoms with van der Waals surface area (Å²) in [6, 6.07) is 20.8. The van der Waals surface area contributed by atoms with Crippen molar-refractivity contribution in [2.24, 2.45) is 10.1 Å². The summed E-state index contributed by atoms with van der Waals surface area (Å²) < 4.78 is 12.9. The standard InChI is InChI=1S/C30H32BrN5O6/c31-26-9-4-3-8-25(26)27-30(29(40)34-23(18-38)19-39,16-21-6-1-2-7-22(21)17-33-36-32)35-28(42-27)20-10-12-24(13-11-20)41-15-5-14-37/h1-4,6-13,23,27,37-39H,5,14-19H2,(H,34,40)/t27-,30-/m1/s1. The van der Waals surface area contributed by atoms with Crippen LogP contribution in [0.1, 0.15) is 34.8 Å². The van der Waals surface area contributed by atoms with E-state index >= 15 is 0 Å². The first-order valence-electron chi connectivity index (χ1n) is 13.4. The second-order valence-corrected chi connectivity index (χ2v) is 10.5. The quantitative estimate of drug-likeness (QED) is 0.0901. The molecule has 0 spiro atoms. The number of ether oxygens (including phenoxy) is 2. The third-order valence-electron chi connectivity index (χ3n) is 6.88. The minimum atomic E-state index is -1.58. The van der Waals surface area contributed by atoms with Crippen molar-refractivity contribution < 1.29 is 29.6 Å². The topological polar surface area (TPSA) is 169 Å². The Kier molecular flexibility index (Phi) is 10.9. The molecular weight excluding hydrogens is 606 g/mol. The molecule has 0 bridgehead atoms. The van der Waals surface area contributed by atoms with Gasteiger partial charge in [0.2, 0.25) is 5.90 Å². The third kappa shape index (κ3) is 7.10. The molecule has 3 aromatic carbocycles. The predicted molar refractivity (Wildman–Crippen MR) is 160 cm³/mol. The molecule has 1 heterocycles. The number of aliphatic hydroxyl groups is 3. The van der Waals surface area contributed by atoms with Gasteiger partial charge in [0, 0.05) is 40.0 Å². The van der Waals surface area contributed by atoms with Crippen LogP contribution in [0.4, 0.5) is 0 Å². The van der Waals surface area contributed by atoms with Gasteiger partial charge in [-0.15, -0.1) is 0 Å². The maximum absolute atomic E-state index is 14.2. The maximum atomic E-state index is 14.2. The highest BCUT2D eigenvalue weighted by atomic mass is 79.9. The highest BCUT2D eigenvalue weighted by Gasteiger charge is 2.54. The van der Waals surface area contributed by atoms with Gasteiger partial charge in [-0.2, -0.15) is 0 Å². The van der Waals surface area contributed by atoms with Gasteiger partial charge < -0.3 is 30.1 Å². The highest BCUT2D eigenvalue weighted by molar-refractivity contribution is 9.10. The number of azide groups is 1. The van der Waals surface area contributed by atoms with E-state index in [1.807, 2.05) is 48.5 Å². The molecule has 1 aliphatic heterocycles. The van der Waals surface area contributed by atoms with Crippen LogP contribution in [0.2, 0.25) is 0 Å². The number of benzene rings is 3. The molecule has 0 unspecified atom stereocenters. The molecule has 12 heteroatoms. The summed E-state index contributed by atoms with van der Waals surface area (Å²) in [4.78, 5) is 22.1. The molecule has 0 saturated heterocycles. The van der Waals surface area contributed by atoms with Crippen LogP contribution in [-0.4, -0.2) is 65.1 Å². The van der Waals surface area contributed by atoms with E-state index < -0.39 is 36.8 Å². The number of carbonyl (C=O) groups excluding carboxylic acids is 1. The summed E-state index contributed by atoms with van der Waals surface area (Å²) in [5, 5.41) is 35.0. The number of amides is 1. The molecule has 1 amide bonds.